The van der Waals surface area contributed by atoms with Gasteiger partial charge in [0.15, 0.2) is 0 Å². The zero-order valence-electron chi connectivity index (χ0n) is 12.6. The Balaban J connectivity index is 2.45. The number of aliphatic hydroxyl groups is 1. The lowest BCUT2D eigenvalue weighted by atomic mass is 9.85. The van der Waals surface area contributed by atoms with E-state index in [1.54, 1.807) is 11.0 Å². The van der Waals surface area contributed by atoms with E-state index in [0.717, 1.165) is 12.8 Å². The van der Waals surface area contributed by atoms with Crippen LogP contribution in [-0.4, -0.2) is 40.9 Å². The highest BCUT2D eigenvalue weighted by Crippen LogP contribution is 2.26. The van der Waals surface area contributed by atoms with Crippen molar-refractivity contribution in [2.75, 3.05) is 13.1 Å². The maximum Gasteiger partial charge on any atom is 0.410 e. The molecule has 1 aliphatic rings. The topological polar surface area (TPSA) is 49.8 Å². The van der Waals surface area contributed by atoms with E-state index in [9.17, 15) is 9.90 Å². The molecule has 110 valence electrons. The zero-order chi connectivity index (χ0) is 14.6. The third-order valence-corrected chi connectivity index (χ3v) is 3.58. The number of likely N-dealkylation sites (tertiary alicyclic amines) is 1. The Kier molecular flexibility index (Phi) is 5.41. The molecule has 0 saturated carbocycles. The third kappa shape index (κ3) is 4.86. The molecule has 1 heterocycles. The number of nitrogens with zero attached hydrogens (tertiary/aromatic N) is 1. The number of amides is 1. The Labute approximate surface area is 116 Å². The first kappa shape index (κ1) is 16.0. The van der Waals surface area contributed by atoms with E-state index >= 15 is 0 Å². The molecule has 0 unspecified atom stereocenters. The number of ether oxygens (including phenoxy) is 1. The van der Waals surface area contributed by atoms with Gasteiger partial charge in [0.05, 0.1) is 6.10 Å². The van der Waals surface area contributed by atoms with Crippen LogP contribution in [0.25, 0.3) is 0 Å². The normalized spacial score (nSPS) is 20.8. The summed E-state index contributed by atoms with van der Waals surface area (Å²) in [5, 5.41) is 10.1. The van der Waals surface area contributed by atoms with Gasteiger partial charge in [0.2, 0.25) is 0 Å². The van der Waals surface area contributed by atoms with Gasteiger partial charge in [-0.1, -0.05) is 13.0 Å². The molecule has 0 spiro atoms. The SMILES string of the molecule is C=C[C@H](C)[C@H](O)C1CCN(C(=O)OC(C)(C)C)CC1. The van der Waals surface area contributed by atoms with Crippen molar-refractivity contribution in [3.63, 3.8) is 0 Å². The van der Waals surface area contributed by atoms with Crippen LogP contribution in [0.15, 0.2) is 12.7 Å². The molecule has 1 aliphatic heterocycles. The molecule has 19 heavy (non-hydrogen) atoms. The van der Waals surface area contributed by atoms with Crippen molar-refractivity contribution in [2.45, 2.75) is 52.2 Å². The molecular weight excluding hydrogens is 242 g/mol. The standard InChI is InChI=1S/C15H27NO3/c1-6-11(2)13(17)12-7-9-16(10-8-12)14(18)19-15(3,4)5/h6,11-13,17H,1,7-10H2,2-5H3/t11-,13-/m0/s1. The van der Waals surface area contributed by atoms with Gasteiger partial charge in [0, 0.05) is 13.1 Å². The van der Waals surface area contributed by atoms with Gasteiger partial charge in [-0.15, -0.1) is 6.58 Å². The highest BCUT2D eigenvalue weighted by Gasteiger charge is 2.31. The summed E-state index contributed by atoms with van der Waals surface area (Å²) < 4.78 is 5.35. The summed E-state index contributed by atoms with van der Waals surface area (Å²) in [5.74, 6) is 0.338. The van der Waals surface area contributed by atoms with Crippen molar-refractivity contribution in [1.29, 1.82) is 0 Å². The molecule has 0 aromatic rings. The quantitative estimate of drug-likeness (QED) is 0.801. The van der Waals surface area contributed by atoms with E-state index < -0.39 is 5.60 Å². The molecule has 1 N–H and O–H groups in total. The van der Waals surface area contributed by atoms with Crippen molar-refractivity contribution in [3.05, 3.63) is 12.7 Å². The molecule has 0 aromatic carbocycles. The van der Waals surface area contributed by atoms with Gasteiger partial charge in [-0.25, -0.2) is 4.79 Å². The molecule has 0 aromatic heterocycles. The van der Waals surface area contributed by atoms with Gasteiger partial charge in [0.25, 0.3) is 0 Å². The summed E-state index contributed by atoms with van der Waals surface area (Å²) in [6.45, 7) is 12.6. The summed E-state index contributed by atoms with van der Waals surface area (Å²) >= 11 is 0. The number of hydrogen-bond donors (Lipinski definition) is 1. The average molecular weight is 269 g/mol. The number of hydrogen-bond acceptors (Lipinski definition) is 3. The van der Waals surface area contributed by atoms with Crippen LogP contribution in [0.5, 0.6) is 0 Å². The molecule has 4 heteroatoms. The third-order valence-electron chi connectivity index (χ3n) is 3.58. The molecule has 0 aliphatic carbocycles. The molecule has 1 fully saturated rings. The summed E-state index contributed by atoms with van der Waals surface area (Å²) in [6, 6.07) is 0. The van der Waals surface area contributed by atoms with Crippen molar-refractivity contribution in [2.24, 2.45) is 11.8 Å². The Morgan fingerprint density at radius 2 is 1.95 bits per heavy atom. The van der Waals surface area contributed by atoms with Gasteiger partial charge in [-0.2, -0.15) is 0 Å². The number of carbonyl (C=O) groups is 1. The Morgan fingerprint density at radius 3 is 2.37 bits per heavy atom. The van der Waals surface area contributed by atoms with Crippen LogP contribution >= 0.6 is 0 Å². The molecule has 0 radical (unpaired) electrons. The van der Waals surface area contributed by atoms with Crippen LogP contribution < -0.4 is 0 Å². The lowest BCUT2D eigenvalue weighted by molar-refractivity contribution is 0.00261. The Bertz CT molecular complexity index is 314. The fourth-order valence-electron chi connectivity index (χ4n) is 2.32. The molecule has 1 saturated heterocycles. The van der Waals surface area contributed by atoms with Crippen LogP contribution in [0.1, 0.15) is 40.5 Å². The summed E-state index contributed by atoms with van der Waals surface area (Å²) in [7, 11) is 0. The van der Waals surface area contributed by atoms with Gasteiger partial charge in [0.1, 0.15) is 5.60 Å². The number of rotatable bonds is 3. The summed E-state index contributed by atoms with van der Waals surface area (Å²) in [6.07, 6.45) is 2.80. The summed E-state index contributed by atoms with van der Waals surface area (Å²) in [5.41, 5.74) is -0.454. The molecule has 4 nitrogen and oxygen atoms in total. The average Bonchev–Trinajstić information content (AvgIpc) is 2.35. The first-order valence-corrected chi connectivity index (χ1v) is 7.03. The molecule has 0 bridgehead atoms. The Morgan fingerprint density at radius 1 is 1.42 bits per heavy atom. The second-order valence-corrected chi connectivity index (χ2v) is 6.39. The maximum absolute atomic E-state index is 11.9. The van der Waals surface area contributed by atoms with E-state index in [2.05, 4.69) is 6.58 Å². The predicted molar refractivity (Wildman–Crippen MR) is 75.9 cm³/mol. The fraction of sp³-hybridized carbons (Fsp3) is 0.800. The lowest BCUT2D eigenvalue weighted by Crippen LogP contribution is -2.44. The lowest BCUT2D eigenvalue weighted by Gasteiger charge is -2.36. The smallest absolute Gasteiger partial charge is 0.410 e. The first-order valence-electron chi connectivity index (χ1n) is 7.03. The van der Waals surface area contributed by atoms with E-state index in [0.29, 0.717) is 13.1 Å². The van der Waals surface area contributed by atoms with E-state index in [1.165, 1.54) is 0 Å². The minimum absolute atomic E-state index is 0.0954. The largest absolute Gasteiger partial charge is 0.444 e. The predicted octanol–water partition coefficient (Wildman–Crippen LogP) is 2.82. The highest BCUT2D eigenvalue weighted by atomic mass is 16.6. The number of piperidine rings is 1. The highest BCUT2D eigenvalue weighted by molar-refractivity contribution is 5.68. The van der Waals surface area contributed by atoms with Gasteiger partial charge in [-0.05, 0) is 45.4 Å². The molecule has 1 rings (SSSR count). The van der Waals surface area contributed by atoms with Crippen molar-refractivity contribution >= 4 is 6.09 Å². The first-order chi connectivity index (χ1) is 8.74. The second-order valence-electron chi connectivity index (χ2n) is 6.39. The molecule has 1 amide bonds. The van der Waals surface area contributed by atoms with E-state index in [1.807, 2.05) is 27.7 Å². The second kappa shape index (κ2) is 6.42. The monoisotopic (exact) mass is 269 g/mol. The van der Waals surface area contributed by atoms with Crippen molar-refractivity contribution < 1.29 is 14.6 Å². The number of carbonyl (C=O) groups excluding carboxylic acids is 1. The fourth-order valence-corrected chi connectivity index (χ4v) is 2.32. The summed E-state index contributed by atoms with van der Waals surface area (Å²) in [4.78, 5) is 13.6. The van der Waals surface area contributed by atoms with Crippen LogP contribution in [-0.2, 0) is 4.74 Å². The van der Waals surface area contributed by atoms with Crippen LogP contribution in [0.4, 0.5) is 4.79 Å². The van der Waals surface area contributed by atoms with Crippen molar-refractivity contribution in [1.82, 2.24) is 4.90 Å². The van der Waals surface area contributed by atoms with E-state index in [4.69, 9.17) is 4.74 Å². The Hall–Kier alpha value is -1.03. The van der Waals surface area contributed by atoms with Gasteiger partial charge in [-0.3, -0.25) is 0 Å². The van der Waals surface area contributed by atoms with Gasteiger partial charge < -0.3 is 14.7 Å². The minimum atomic E-state index is -0.454. The maximum atomic E-state index is 11.9. The van der Waals surface area contributed by atoms with Crippen LogP contribution in [0.3, 0.4) is 0 Å². The minimum Gasteiger partial charge on any atom is -0.444 e. The molecular formula is C15H27NO3. The van der Waals surface area contributed by atoms with Crippen LogP contribution in [0.2, 0.25) is 0 Å². The van der Waals surface area contributed by atoms with Crippen LogP contribution in [0, 0.1) is 11.8 Å². The van der Waals surface area contributed by atoms with Crippen molar-refractivity contribution in [3.8, 4) is 0 Å². The zero-order valence-corrected chi connectivity index (χ0v) is 12.6. The molecule has 2 atom stereocenters. The van der Waals surface area contributed by atoms with Gasteiger partial charge >= 0.3 is 6.09 Å². The number of aliphatic hydroxyl groups excluding tert-OH is 1. The van der Waals surface area contributed by atoms with E-state index in [-0.39, 0.29) is 24.0 Å².